The number of halogens is 2. The van der Waals surface area contributed by atoms with Gasteiger partial charge in [0.2, 0.25) is 0 Å². The van der Waals surface area contributed by atoms with E-state index in [0.29, 0.717) is 30.0 Å². The molecule has 92 valence electrons. The van der Waals surface area contributed by atoms with E-state index in [9.17, 15) is 0 Å². The molecule has 1 unspecified atom stereocenters. The van der Waals surface area contributed by atoms with Crippen LogP contribution in [0.15, 0.2) is 12.2 Å². The normalized spacial score (nSPS) is 27.2. The summed E-state index contributed by atoms with van der Waals surface area (Å²) < 4.78 is 0. The fraction of sp³-hybridized carbons (Fsp3) is 0.750. The van der Waals surface area contributed by atoms with Gasteiger partial charge in [0.15, 0.2) is 0 Å². The van der Waals surface area contributed by atoms with Crippen LogP contribution in [0.1, 0.15) is 41.5 Å². The monoisotopic (exact) mass is 425 g/mol. The van der Waals surface area contributed by atoms with Gasteiger partial charge in [-0.3, -0.25) is 0 Å². The van der Waals surface area contributed by atoms with Gasteiger partial charge in [-0.2, -0.15) is 0 Å². The summed E-state index contributed by atoms with van der Waals surface area (Å²) in [6.45, 7) is 14.0. The van der Waals surface area contributed by atoms with Gasteiger partial charge in [0.1, 0.15) is 0 Å². The SMILES string of the molecule is C[C-]1C=CC(C)C(C)(C)C1(C)C.[Br][Ru][Br]. The summed E-state index contributed by atoms with van der Waals surface area (Å²) in [5.41, 5.74) is 0.715. The molecule has 0 aromatic heterocycles. The molecule has 0 heterocycles. The summed E-state index contributed by atoms with van der Waals surface area (Å²) in [4.78, 5) is 0. The summed E-state index contributed by atoms with van der Waals surface area (Å²) in [5.74, 6) is 2.18. The van der Waals surface area contributed by atoms with E-state index in [1.807, 2.05) is 0 Å². The summed E-state index contributed by atoms with van der Waals surface area (Å²) >= 11 is 6.64. The first kappa shape index (κ1) is 16.2. The molecule has 0 N–H and O–H groups in total. The number of allylic oxidation sites excluding steroid dienone is 2. The third-order valence-electron chi connectivity index (χ3n) is 4.37. The van der Waals surface area contributed by atoms with E-state index >= 15 is 0 Å². The van der Waals surface area contributed by atoms with Gasteiger partial charge in [-0.1, -0.05) is 51.4 Å². The van der Waals surface area contributed by atoms with Gasteiger partial charge in [0, 0.05) is 0 Å². The van der Waals surface area contributed by atoms with Crippen molar-refractivity contribution in [1.29, 1.82) is 0 Å². The summed E-state index contributed by atoms with van der Waals surface area (Å²) in [7, 11) is 0. The molecule has 1 aliphatic carbocycles. The van der Waals surface area contributed by atoms with Crippen LogP contribution >= 0.6 is 27.2 Å². The summed E-state index contributed by atoms with van der Waals surface area (Å²) in [6.07, 6.45) is 4.62. The van der Waals surface area contributed by atoms with Gasteiger partial charge in [0.05, 0.1) is 0 Å². The Kier molecular flexibility index (Phi) is 6.71. The van der Waals surface area contributed by atoms with Crippen LogP contribution in [0, 0.1) is 22.7 Å². The van der Waals surface area contributed by atoms with Crippen molar-refractivity contribution in [2.75, 3.05) is 0 Å². The van der Waals surface area contributed by atoms with E-state index in [2.05, 4.69) is 80.9 Å². The Morgan fingerprint density at radius 3 is 1.93 bits per heavy atom. The topological polar surface area (TPSA) is 0 Å². The summed E-state index contributed by atoms with van der Waals surface area (Å²) in [6, 6.07) is 0. The fourth-order valence-electron chi connectivity index (χ4n) is 1.81. The Balaban J connectivity index is 0.000000583. The summed E-state index contributed by atoms with van der Waals surface area (Å²) in [5, 5.41) is 0. The van der Waals surface area contributed by atoms with Crippen LogP contribution < -0.4 is 0 Å². The molecular formula is C12H21Br2Ru-. The average Bonchev–Trinajstić information content (AvgIpc) is 2.12. The second-order valence-electron chi connectivity index (χ2n) is 5.23. The Morgan fingerprint density at radius 1 is 1.20 bits per heavy atom. The van der Waals surface area contributed by atoms with E-state index in [1.54, 1.807) is 0 Å². The third kappa shape index (κ3) is 3.58. The molecule has 15 heavy (non-hydrogen) atoms. The second kappa shape index (κ2) is 6.21. The minimum atomic E-state index is 0.334. The van der Waals surface area contributed by atoms with E-state index < -0.39 is 0 Å². The van der Waals surface area contributed by atoms with Crippen molar-refractivity contribution in [3.05, 3.63) is 18.1 Å². The first-order valence-corrected chi connectivity index (χ1v) is 13.0. The Bertz CT molecular complexity index is 200. The molecule has 0 fully saturated rings. The molecule has 0 aromatic rings. The predicted octanol–water partition coefficient (Wildman–Crippen LogP) is 5.53. The minimum absolute atomic E-state index is 0.334. The molecule has 0 saturated heterocycles. The first-order valence-electron chi connectivity index (χ1n) is 5.09. The molecule has 0 aromatic carbocycles. The molecule has 1 atom stereocenters. The van der Waals surface area contributed by atoms with Gasteiger partial charge in [-0.25, -0.2) is 18.1 Å². The van der Waals surface area contributed by atoms with Gasteiger partial charge in [-0.15, -0.1) is 6.92 Å². The van der Waals surface area contributed by atoms with Crippen molar-refractivity contribution in [3.63, 3.8) is 0 Å². The van der Waals surface area contributed by atoms with E-state index in [4.69, 9.17) is 0 Å². The van der Waals surface area contributed by atoms with Crippen LogP contribution in [0.4, 0.5) is 0 Å². The predicted molar refractivity (Wildman–Crippen MR) is 72.6 cm³/mol. The van der Waals surface area contributed by atoms with Gasteiger partial charge < -0.3 is 0 Å². The van der Waals surface area contributed by atoms with Crippen LogP contribution in [0.2, 0.25) is 0 Å². The maximum absolute atomic E-state index is 3.15. The third-order valence-corrected chi connectivity index (χ3v) is 4.37. The molecule has 0 spiro atoms. The molecule has 3 heteroatoms. The standard InChI is InChI=1S/C12H21.2BrH.Ru/c1-9-7-8-10(2)12(5,6)11(9,3)4;;;/h7-9H,1-6H3;2*1H;/q-1;;;+2/p-2. The molecule has 1 aliphatic rings. The van der Waals surface area contributed by atoms with Crippen molar-refractivity contribution >= 4 is 27.2 Å². The van der Waals surface area contributed by atoms with Crippen molar-refractivity contribution in [1.82, 2.24) is 0 Å². The number of hydrogen-bond acceptors (Lipinski definition) is 0. The van der Waals surface area contributed by atoms with Crippen molar-refractivity contribution in [2.24, 2.45) is 16.7 Å². The van der Waals surface area contributed by atoms with Crippen LogP contribution in [0.25, 0.3) is 0 Å². The Labute approximate surface area is 116 Å². The molecule has 1 rings (SSSR count). The number of rotatable bonds is 0. The molecule has 0 aliphatic heterocycles. The fourth-order valence-corrected chi connectivity index (χ4v) is 1.81. The van der Waals surface area contributed by atoms with Crippen LogP contribution in [-0.2, 0) is 13.2 Å². The average molecular weight is 426 g/mol. The Morgan fingerprint density at radius 2 is 1.60 bits per heavy atom. The first-order chi connectivity index (χ1) is 6.71. The molecule has 0 amide bonds. The van der Waals surface area contributed by atoms with Crippen LogP contribution in [0.5, 0.6) is 0 Å². The van der Waals surface area contributed by atoms with Crippen molar-refractivity contribution in [2.45, 2.75) is 41.5 Å². The van der Waals surface area contributed by atoms with E-state index in [0.717, 1.165) is 0 Å². The van der Waals surface area contributed by atoms with E-state index in [1.165, 1.54) is 5.92 Å². The number of hydrogen-bond donors (Lipinski definition) is 0. The van der Waals surface area contributed by atoms with Gasteiger partial charge >= 0.3 is 40.5 Å². The van der Waals surface area contributed by atoms with Crippen LogP contribution in [0.3, 0.4) is 0 Å². The molecule has 0 saturated carbocycles. The molecule has 0 nitrogen and oxygen atoms in total. The zero-order valence-electron chi connectivity index (χ0n) is 10.3. The molecule has 0 bridgehead atoms. The molecule has 0 radical (unpaired) electrons. The van der Waals surface area contributed by atoms with Gasteiger partial charge in [-0.05, 0) is 0 Å². The second-order valence-corrected chi connectivity index (χ2v) is 13.2. The maximum atomic E-state index is 3.15. The zero-order valence-corrected chi connectivity index (χ0v) is 15.3. The van der Waals surface area contributed by atoms with Gasteiger partial charge in [0.25, 0.3) is 0 Å². The van der Waals surface area contributed by atoms with Crippen molar-refractivity contribution < 1.29 is 13.2 Å². The van der Waals surface area contributed by atoms with Crippen LogP contribution in [-0.4, -0.2) is 0 Å². The molecular weight excluding hydrogens is 405 g/mol. The van der Waals surface area contributed by atoms with Crippen molar-refractivity contribution in [3.8, 4) is 0 Å². The Hall–Kier alpha value is 1.19. The van der Waals surface area contributed by atoms with E-state index in [-0.39, 0.29) is 0 Å². The quantitative estimate of drug-likeness (QED) is 0.353. The zero-order chi connectivity index (χ0) is 12.3.